The van der Waals surface area contributed by atoms with Gasteiger partial charge in [0.15, 0.2) is 0 Å². The average Bonchev–Trinajstić information content (AvgIpc) is 2.52. The van der Waals surface area contributed by atoms with Gasteiger partial charge in [-0.3, -0.25) is 5.10 Å². The summed E-state index contributed by atoms with van der Waals surface area (Å²) in [5, 5.41) is 9.87. The first-order chi connectivity index (χ1) is 8.29. The fraction of sp³-hybridized carbons (Fsp3) is 0.750. The predicted molar refractivity (Wildman–Crippen MR) is 64.5 cm³/mol. The van der Waals surface area contributed by atoms with Gasteiger partial charge in [-0.25, -0.2) is 0 Å². The van der Waals surface area contributed by atoms with Gasteiger partial charge in [0.1, 0.15) is 0 Å². The van der Waals surface area contributed by atoms with Gasteiger partial charge in [0.25, 0.3) is 0 Å². The van der Waals surface area contributed by atoms with Gasteiger partial charge in [-0.15, -0.1) is 0 Å². The van der Waals surface area contributed by atoms with E-state index < -0.39 is 18.6 Å². The Hall–Kier alpha value is -1.04. The Kier molecular flexibility index (Phi) is 5.19. The van der Waals surface area contributed by atoms with E-state index >= 15 is 0 Å². The number of aromatic amines is 1. The van der Waals surface area contributed by atoms with Crippen LogP contribution in [0.2, 0.25) is 0 Å². The standard InChI is InChI=1S/C12H20F3N3/c1-8(7-12(13,14)15)16-6-4-5-11-9(2)17-18-10(11)3/h8,16H,4-7H2,1-3H3,(H,17,18)/t8-/m0/s1. The first kappa shape index (κ1) is 15.0. The van der Waals surface area contributed by atoms with Crippen LogP contribution in [0.3, 0.4) is 0 Å². The molecule has 0 bridgehead atoms. The van der Waals surface area contributed by atoms with Gasteiger partial charge in [0.05, 0.1) is 12.1 Å². The minimum absolute atomic E-state index is 0.531. The van der Waals surface area contributed by atoms with Gasteiger partial charge in [-0.05, 0) is 45.7 Å². The Morgan fingerprint density at radius 1 is 1.33 bits per heavy atom. The highest BCUT2D eigenvalue weighted by molar-refractivity contribution is 5.23. The number of hydrogen-bond donors (Lipinski definition) is 2. The second kappa shape index (κ2) is 6.22. The lowest BCUT2D eigenvalue weighted by atomic mass is 10.1. The summed E-state index contributed by atoms with van der Waals surface area (Å²) in [5.74, 6) is 0. The van der Waals surface area contributed by atoms with Gasteiger partial charge < -0.3 is 5.32 Å². The third-order valence-corrected chi connectivity index (χ3v) is 2.91. The fourth-order valence-corrected chi connectivity index (χ4v) is 1.98. The number of aromatic nitrogens is 2. The van der Waals surface area contributed by atoms with E-state index in [0.29, 0.717) is 6.54 Å². The third-order valence-electron chi connectivity index (χ3n) is 2.91. The molecule has 6 heteroatoms. The van der Waals surface area contributed by atoms with Crippen molar-refractivity contribution in [3.8, 4) is 0 Å². The quantitative estimate of drug-likeness (QED) is 0.775. The molecule has 0 radical (unpaired) electrons. The van der Waals surface area contributed by atoms with Crippen molar-refractivity contribution in [2.75, 3.05) is 6.54 Å². The maximum atomic E-state index is 12.1. The Balaban J connectivity index is 2.23. The summed E-state index contributed by atoms with van der Waals surface area (Å²) >= 11 is 0. The van der Waals surface area contributed by atoms with Crippen LogP contribution >= 0.6 is 0 Å². The molecule has 0 unspecified atom stereocenters. The molecule has 2 N–H and O–H groups in total. The molecule has 0 saturated heterocycles. The molecule has 104 valence electrons. The van der Waals surface area contributed by atoms with Crippen LogP contribution in [0, 0.1) is 13.8 Å². The van der Waals surface area contributed by atoms with Crippen LogP contribution in [-0.2, 0) is 6.42 Å². The highest BCUT2D eigenvalue weighted by Gasteiger charge is 2.29. The highest BCUT2D eigenvalue weighted by Crippen LogP contribution is 2.21. The van der Waals surface area contributed by atoms with E-state index in [9.17, 15) is 13.2 Å². The molecule has 1 aromatic heterocycles. The zero-order valence-corrected chi connectivity index (χ0v) is 11.0. The Morgan fingerprint density at radius 3 is 2.50 bits per heavy atom. The molecule has 0 aliphatic rings. The number of rotatable bonds is 6. The summed E-state index contributed by atoms with van der Waals surface area (Å²) in [6, 6.07) is -0.531. The lowest BCUT2D eigenvalue weighted by molar-refractivity contribution is -0.139. The molecule has 3 nitrogen and oxygen atoms in total. The van der Waals surface area contributed by atoms with Gasteiger partial charge in [0, 0.05) is 11.7 Å². The summed E-state index contributed by atoms with van der Waals surface area (Å²) in [6.45, 7) is 6.02. The predicted octanol–water partition coefficient (Wildman–Crippen LogP) is 2.89. The van der Waals surface area contributed by atoms with Gasteiger partial charge in [-0.1, -0.05) is 0 Å². The normalized spacial score (nSPS) is 13.9. The Morgan fingerprint density at radius 2 is 2.00 bits per heavy atom. The van der Waals surface area contributed by atoms with Gasteiger partial charge >= 0.3 is 6.18 Å². The van der Waals surface area contributed by atoms with E-state index in [0.717, 1.165) is 24.2 Å². The van der Waals surface area contributed by atoms with Crippen LogP contribution in [0.15, 0.2) is 0 Å². The molecule has 0 aliphatic carbocycles. The summed E-state index contributed by atoms with van der Waals surface area (Å²) in [6.07, 6.45) is -3.23. The molecule has 1 heterocycles. The molecule has 0 aromatic carbocycles. The number of hydrogen-bond acceptors (Lipinski definition) is 2. The zero-order chi connectivity index (χ0) is 13.8. The van der Waals surface area contributed by atoms with Crippen molar-refractivity contribution in [2.24, 2.45) is 0 Å². The Bertz CT molecular complexity index is 352. The summed E-state index contributed by atoms with van der Waals surface area (Å²) in [7, 11) is 0. The molecule has 0 saturated carbocycles. The van der Waals surface area contributed by atoms with Crippen molar-refractivity contribution < 1.29 is 13.2 Å². The van der Waals surface area contributed by atoms with Crippen LogP contribution in [0.25, 0.3) is 0 Å². The van der Waals surface area contributed by atoms with E-state index in [-0.39, 0.29) is 0 Å². The maximum Gasteiger partial charge on any atom is 0.390 e. The molecule has 1 aromatic rings. The van der Waals surface area contributed by atoms with Crippen molar-refractivity contribution in [3.63, 3.8) is 0 Å². The zero-order valence-electron chi connectivity index (χ0n) is 11.0. The fourth-order valence-electron chi connectivity index (χ4n) is 1.98. The van der Waals surface area contributed by atoms with Gasteiger partial charge in [0.2, 0.25) is 0 Å². The topological polar surface area (TPSA) is 40.7 Å². The summed E-state index contributed by atoms with van der Waals surface area (Å²) < 4.78 is 36.3. The minimum atomic E-state index is -4.09. The minimum Gasteiger partial charge on any atom is -0.314 e. The second-order valence-electron chi connectivity index (χ2n) is 4.69. The largest absolute Gasteiger partial charge is 0.390 e. The molecular weight excluding hydrogens is 243 g/mol. The molecule has 1 rings (SSSR count). The molecule has 0 amide bonds. The van der Waals surface area contributed by atoms with Crippen molar-refractivity contribution in [1.82, 2.24) is 15.5 Å². The van der Waals surface area contributed by atoms with Crippen LogP contribution in [0.1, 0.15) is 36.7 Å². The van der Waals surface area contributed by atoms with Crippen molar-refractivity contribution in [2.45, 2.75) is 52.3 Å². The van der Waals surface area contributed by atoms with Crippen LogP contribution in [0.5, 0.6) is 0 Å². The SMILES string of the molecule is Cc1n[nH]c(C)c1CCCN[C@@H](C)CC(F)(F)F. The molecule has 0 spiro atoms. The molecule has 0 fully saturated rings. The first-order valence-electron chi connectivity index (χ1n) is 6.10. The number of nitrogens with zero attached hydrogens (tertiary/aromatic N) is 1. The molecular formula is C12H20F3N3. The average molecular weight is 263 g/mol. The lowest BCUT2D eigenvalue weighted by Gasteiger charge is -2.15. The second-order valence-corrected chi connectivity index (χ2v) is 4.69. The van der Waals surface area contributed by atoms with Crippen LogP contribution in [-0.4, -0.2) is 29.0 Å². The van der Waals surface area contributed by atoms with Crippen molar-refractivity contribution in [3.05, 3.63) is 17.0 Å². The number of alkyl halides is 3. The van der Waals surface area contributed by atoms with E-state index in [1.807, 2.05) is 13.8 Å². The Labute approximate surface area is 105 Å². The number of halogens is 3. The number of aryl methyl sites for hydroxylation is 2. The van der Waals surface area contributed by atoms with Crippen LogP contribution in [0.4, 0.5) is 13.2 Å². The third kappa shape index (κ3) is 5.08. The monoisotopic (exact) mass is 263 g/mol. The van der Waals surface area contributed by atoms with Crippen molar-refractivity contribution >= 4 is 0 Å². The molecule has 18 heavy (non-hydrogen) atoms. The summed E-state index contributed by atoms with van der Waals surface area (Å²) in [5.41, 5.74) is 3.17. The number of H-pyrrole nitrogens is 1. The van der Waals surface area contributed by atoms with E-state index in [2.05, 4.69) is 15.5 Å². The van der Waals surface area contributed by atoms with Crippen molar-refractivity contribution in [1.29, 1.82) is 0 Å². The lowest BCUT2D eigenvalue weighted by Crippen LogP contribution is -2.32. The smallest absolute Gasteiger partial charge is 0.314 e. The maximum absolute atomic E-state index is 12.1. The highest BCUT2D eigenvalue weighted by atomic mass is 19.4. The summed E-state index contributed by atoms with van der Waals surface area (Å²) in [4.78, 5) is 0. The molecule has 1 atom stereocenters. The first-order valence-corrected chi connectivity index (χ1v) is 6.10. The van der Waals surface area contributed by atoms with E-state index in [1.165, 1.54) is 5.56 Å². The van der Waals surface area contributed by atoms with E-state index in [4.69, 9.17) is 0 Å². The van der Waals surface area contributed by atoms with Crippen LogP contribution < -0.4 is 5.32 Å². The molecule has 0 aliphatic heterocycles. The number of nitrogens with one attached hydrogen (secondary N) is 2. The van der Waals surface area contributed by atoms with E-state index in [1.54, 1.807) is 6.92 Å². The van der Waals surface area contributed by atoms with Gasteiger partial charge in [-0.2, -0.15) is 18.3 Å².